The number of methoxy groups -OCH3 is 1. The fourth-order valence-corrected chi connectivity index (χ4v) is 1.43. The first-order valence-corrected chi connectivity index (χ1v) is 5.89. The van der Waals surface area contributed by atoms with E-state index < -0.39 is 18.8 Å². The van der Waals surface area contributed by atoms with Crippen molar-refractivity contribution >= 4 is 5.97 Å². The number of hydrogen-bond acceptors (Lipinski definition) is 5. The minimum absolute atomic E-state index is 0.0736. The molecule has 1 aromatic rings. The highest BCUT2D eigenvalue weighted by Gasteiger charge is 2.27. The molecule has 8 heteroatoms. The topological polar surface area (TPSA) is 60.7 Å². The lowest BCUT2D eigenvalue weighted by molar-refractivity contribution is -0.173. The SMILES string of the molecule is COC(=O)c1ccc(C(C)NCCOCC(F)(F)F)o1. The Balaban J connectivity index is 2.31. The van der Waals surface area contributed by atoms with Crippen molar-refractivity contribution in [1.82, 2.24) is 5.32 Å². The van der Waals surface area contributed by atoms with Gasteiger partial charge in [-0.15, -0.1) is 0 Å². The average Bonchev–Trinajstić information content (AvgIpc) is 2.85. The summed E-state index contributed by atoms with van der Waals surface area (Å²) in [5.41, 5.74) is 0. The lowest BCUT2D eigenvalue weighted by atomic mass is 10.2. The number of ether oxygens (including phenoxy) is 2. The molecule has 0 aliphatic rings. The Bertz CT molecular complexity index is 431. The number of alkyl halides is 3. The van der Waals surface area contributed by atoms with Crippen LogP contribution < -0.4 is 5.32 Å². The molecule has 0 saturated carbocycles. The van der Waals surface area contributed by atoms with Crippen LogP contribution in [0.2, 0.25) is 0 Å². The third-order valence-corrected chi connectivity index (χ3v) is 2.40. The van der Waals surface area contributed by atoms with Crippen LogP contribution >= 0.6 is 0 Å². The minimum Gasteiger partial charge on any atom is -0.463 e. The summed E-state index contributed by atoms with van der Waals surface area (Å²) in [5.74, 6) is -0.0253. The van der Waals surface area contributed by atoms with E-state index in [1.165, 1.54) is 13.2 Å². The quantitative estimate of drug-likeness (QED) is 0.618. The minimum atomic E-state index is -4.32. The molecule has 0 aliphatic carbocycles. The van der Waals surface area contributed by atoms with E-state index in [1.807, 2.05) is 0 Å². The lowest BCUT2D eigenvalue weighted by Crippen LogP contribution is -2.25. The van der Waals surface area contributed by atoms with Crippen molar-refractivity contribution in [3.63, 3.8) is 0 Å². The first kappa shape index (κ1) is 16.5. The van der Waals surface area contributed by atoms with Crippen LogP contribution in [0.1, 0.15) is 29.3 Å². The largest absolute Gasteiger partial charge is 0.463 e. The standard InChI is InChI=1S/C12H16F3NO4/c1-8(16-5-6-19-7-12(13,14)15)9-3-4-10(20-9)11(17)18-2/h3-4,8,16H,5-7H2,1-2H3. The van der Waals surface area contributed by atoms with Gasteiger partial charge in [0.05, 0.1) is 19.8 Å². The van der Waals surface area contributed by atoms with Crippen LogP contribution in [0.15, 0.2) is 16.5 Å². The number of carbonyl (C=O) groups excluding carboxylic acids is 1. The molecule has 0 aromatic carbocycles. The van der Waals surface area contributed by atoms with Gasteiger partial charge in [0.2, 0.25) is 5.76 Å². The van der Waals surface area contributed by atoms with Gasteiger partial charge in [0.1, 0.15) is 12.4 Å². The van der Waals surface area contributed by atoms with Crippen molar-refractivity contribution in [2.24, 2.45) is 0 Å². The average molecular weight is 295 g/mol. The number of rotatable bonds is 7. The van der Waals surface area contributed by atoms with E-state index in [0.29, 0.717) is 5.76 Å². The van der Waals surface area contributed by atoms with Crippen molar-refractivity contribution in [3.05, 3.63) is 23.7 Å². The van der Waals surface area contributed by atoms with Crippen molar-refractivity contribution in [2.75, 3.05) is 26.9 Å². The maximum Gasteiger partial charge on any atom is 0.411 e. The van der Waals surface area contributed by atoms with Crippen LogP contribution in [0.4, 0.5) is 13.2 Å². The predicted molar refractivity (Wildman–Crippen MR) is 63.3 cm³/mol. The highest BCUT2D eigenvalue weighted by Crippen LogP contribution is 2.17. The molecule has 0 saturated heterocycles. The molecular formula is C12H16F3NO4. The van der Waals surface area contributed by atoms with E-state index in [0.717, 1.165) is 0 Å². The first-order valence-electron chi connectivity index (χ1n) is 5.89. The van der Waals surface area contributed by atoms with Gasteiger partial charge in [0.25, 0.3) is 0 Å². The van der Waals surface area contributed by atoms with Crippen LogP contribution in [0.3, 0.4) is 0 Å². The van der Waals surface area contributed by atoms with Gasteiger partial charge in [-0.25, -0.2) is 4.79 Å². The highest BCUT2D eigenvalue weighted by molar-refractivity contribution is 5.86. The molecule has 5 nitrogen and oxygen atoms in total. The molecule has 0 amide bonds. The Hall–Kier alpha value is -1.54. The van der Waals surface area contributed by atoms with Crippen molar-refractivity contribution in [2.45, 2.75) is 19.1 Å². The summed E-state index contributed by atoms with van der Waals surface area (Å²) in [6.07, 6.45) is -4.32. The molecule has 20 heavy (non-hydrogen) atoms. The van der Waals surface area contributed by atoms with Crippen molar-refractivity contribution < 1.29 is 31.9 Å². The number of halogens is 3. The third kappa shape index (κ3) is 5.62. The summed E-state index contributed by atoms with van der Waals surface area (Å²) < 4.78 is 49.6. The number of hydrogen-bond donors (Lipinski definition) is 1. The summed E-state index contributed by atoms with van der Waals surface area (Å²) in [5, 5.41) is 2.92. The molecule has 0 bridgehead atoms. The summed E-state index contributed by atoms with van der Waals surface area (Å²) in [7, 11) is 1.24. The van der Waals surface area contributed by atoms with E-state index in [9.17, 15) is 18.0 Å². The molecule has 1 heterocycles. The number of furan rings is 1. The second-order valence-electron chi connectivity index (χ2n) is 4.04. The molecule has 0 fully saturated rings. The van der Waals surface area contributed by atoms with Crippen LogP contribution in [0, 0.1) is 0 Å². The summed E-state index contributed by atoms with van der Waals surface area (Å²) in [4.78, 5) is 11.2. The molecule has 1 unspecified atom stereocenters. The van der Waals surface area contributed by atoms with Gasteiger partial charge in [-0.3, -0.25) is 0 Å². The number of nitrogens with one attached hydrogen (secondary N) is 1. The van der Waals surface area contributed by atoms with Gasteiger partial charge in [0.15, 0.2) is 0 Å². The van der Waals surface area contributed by atoms with Crippen molar-refractivity contribution in [3.8, 4) is 0 Å². The molecular weight excluding hydrogens is 279 g/mol. The van der Waals surface area contributed by atoms with E-state index >= 15 is 0 Å². The summed E-state index contributed by atoms with van der Waals surface area (Å²) in [6.45, 7) is 0.639. The smallest absolute Gasteiger partial charge is 0.411 e. The molecule has 114 valence electrons. The predicted octanol–water partition coefficient (Wildman–Crippen LogP) is 2.30. The van der Waals surface area contributed by atoms with Gasteiger partial charge in [-0.05, 0) is 19.1 Å². The molecule has 1 N–H and O–H groups in total. The monoisotopic (exact) mass is 295 g/mol. The van der Waals surface area contributed by atoms with Gasteiger partial charge in [0, 0.05) is 6.54 Å². The summed E-state index contributed by atoms with van der Waals surface area (Å²) in [6, 6.07) is 2.81. The van der Waals surface area contributed by atoms with Crippen LogP contribution in [0.5, 0.6) is 0 Å². The zero-order chi connectivity index (χ0) is 15.2. The fraction of sp³-hybridized carbons (Fsp3) is 0.583. The second kappa shape index (κ2) is 7.30. The van der Waals surface area contributed by atoms with E-state index in [-0.39, 0.29) is 25.0 Å². The maximum atomic E-state index is 11.8. The van der Waals surface area contributed by atoms with E-state index in [4.69, 9.17) is 4.42 Å². The molecule has 0 radical (unpaired) electrons. The first-order chi connectivity index (χ1) is 9.33. The molecule has 0 spiro atoms. The maximum absolute atomic E-state index is 11.8. The number of carbonyl (C=O) groups is 1. The fourth-order valence-electron chi connectivity index (χ4n) is 1.43. The Labute approximate surface area is 114 Å². The zero-order valence-electron chi connectivity index (χ0n) is 11.1. The normalized spacial score (nSPS) is 13.2. The van der Waals surface area contributed by atoms with Gasteiger partial charge >= 0.3 is 12.1 Å². The van der Waals surface area contributed by atoms with Gasteiger partial charge in [-0.1, -0.05) is 0 Å². The van der Waals surface area contributed by atoms with Gasteiger partial charge in [-0.2, -0.15) is 13.2 Å². The lowest BCUT2D eigenvalue weighted by Gasteiger charge is -2.12. The van der Waals surface area contributed by atoms with Gasteiger partial charge < -0.3 is 19.2 Å². The van der Waals surface area contributed by atoms with Crippen LogP contribution in [0.25, 0.3) is 0 Å². The Morgan fingerprint density at radius 1 is 1.45 bits per heavy atom. The molecule has 1 aromatic heterocycles. The summed E-state index contributed by atoms with van der Waals surface area (Å²) >= 11 is 0. The van der Waals surface area contributed by atoms with Crippen molar-refractivity contribution in [1.29, 1.82) is 0 Å². The van der Waals surface area contributed by atoms with Crippen LogP contribution in [-0.4, -0.2) is 39.0 Å². The molecule has 1 rings (SSSR count). The Morgan fingerprint density at radius 3 is 2.75 bits per heavy atom. The Kier molecular flexibility index (Phi) is 6.03. The van der Waals surface area contributed by atoms with E-state index in [1.54, 1.807) is 13.0 Å². The zero-order valence-corrected chi connectivity index (χ0v) is 11.1. The second-order valence-corrected chi connectivity index (χ2v) is 4.04. The van der Waals surface area contributed by atoms with Crippen LogP contribution in [-0.2, 0) is 9.47 Å². The molecule has 1 atom stereocenters. The highest BCUT2D eigenvalue weighted by atomic mass is 19.4. The van der Waals surface area contributed by atoms with E-state index in [2.05, 4.69) is 14.8 Å². The molecule has 0 aliphatic heterocycles. The number of esters is 1. The third-order valence-electron chi connectivity index (χ3n) is 2.40. The Morgan fingerprint density at radius 2 is 2.15 bits per heavy atom.